The van der Waals surface area contributed by atoms with Crippen molar-refractivity contribution in [3.63, 3.8) is 0 Å². The molecule has 2 saturated heterocycles. The maximum Gasteiger partial charge on any atom is 0.255 e. The first-order valence-electron chi connectivity index (χ1n) is 10.3. The third-order valence-electron chi connectivity index (χ3n) is 5.97. The molecule has 4 rings (SSSR count). The first-order valence-corrected chi connectivity index (χ1v) is 10.3. The van der Waals surface area contributed by atoms with Crippen molar-refractivity contribution in [1.82, 2.24) is 25.2 Å². The van der Waals surface area contributed by atoms with Crippen molar-refractivity contribution in [3.8, 4) is 0 Å². The molecule has 2 amide bonds. The number of piperazine rings is 1. The van der Waals surface area contributed by atoms with E-state index in [1.807, 2.05) is 25.7 Å². The Kier molecular flexibility index (Phi) is 5.23. The zero-order chi connectivity index (χ0) is 21.5. The summed E-state index contributed by atoms with van der Waals surface area (Å²) in [5.41, 5.74) is 1.20. The Morgan fingerprint density at radius 1 is 1.40 bits per heavy atom. The Morgan fingerprint density at radius 2 is 2.20 bits per heavy atom. The van der Waals surface area contributed by atoms with E-state index >= 15 is 0 Å². The molecule has 9 nitrogen and oxygen atoms in total. The highest BCUT2D eigenvalue weighted by molar-refractivity contribution is 6.04. The molecule has 0 aliphatic carbocycles. The standard InChI is InChI=1S/C21H28N6O3/c1-5-17(28)27-8-7-26(12-21(27,3)4)16-11-23-19-18(25-16)14(10-22-19)20(29)24-15-6-9-30-13(15)2/h5,10-11,13,15H,1,6-9,12H2,2-4H3,(H,22,23)(H,24,29)/t13-,15-/m0/s1. The third-order valence-corrected chi connectivity index (χ3v) is 5.97. The second-order valence-electron chi connectivity index (χ2n) is 8.50. The van der Waals surface area contributed by atoms with Gasteiger partial charge in [0.05, 0.1) is 29.4 Å². The Morgan fingerprint density at radius 3 is 2.87 bits per heavy atom. The average Bonchev–Trinajstić information content (AvgIpc) is 3.32. The average molecular weight is 412 g/mol. The predicted molar refractivity (Wildman–Crippen MR) is 113 cm³/mol. The van der Waals surface area contributed by atoms with Gasteiger partial charge in [0.25, 0.3) is 5.91 Å². The number of ether oxygens (including phenoxy) is 1. The lowest BCUT2D eigenvalue weighted by Crippen LogP contribution is -2.61. The number of hydrogen-bond donors (Lipinski definition) is 2. The van der Waals surface area contributed by atoms with Crippen LogP contribution in [0.25, 0.3) is 11.2 Å². The fourth-order valence-electron chi connectivity index (χ4n) is 4.24. The molecule has 2 aliphatic heterocycles. The number of carbonyl (C=O) groups excluding carboxylic acids is 2. The lowest BCUT2D eigenvalue weighted by Gasteiger charge is -2.47. The summed E-state index contributed by atoms with van der Waals surface area (Å²) >= 11 is 0. The number of aromatic nitrogens is 3. The normalized spacial score (nSPS) is 23.6. The van der Waals surface area contributed by atoms with Crippen molar-refractivity contribution >= 4 is 28.8 Å². The number of H-pyrrole nitrogens is 1. The lowest BCUT2D eigenvalue weighted by atomic mass is 9.98. The molecule has 0 aromatic carbocycles. The van der Waals surface area contributed by atoms with Crippen LogP contribution in [0.2, 0.25) is 0 Å². The fraction of sp³-hybridized carbons (Fsp3) is 0.524. The molecule has 0 radical (unpaired) electrons. The molecule has 2 aromatic heterocycles. The second kappa shape index (κ2) is 7.71. The van der Waals surface area contributed by atoms with Crippen molar-refractivity contribution in [3.05, 3.63) is 30.6 Å². The number of aromatic amines is 1. The van der Waals surface area contributed by atoms with Crippen LogP contribution in [0.5, 0.6) is 0 Å². The Bertz CT molecular complexity index is 984. The van der Waals surface area contributed by atoms with Crippen LogP contribution in [0.4, 0.5) is 5.82 Å². The van der Waals surface area contributed by atoms with Crippen LogP contribution in [-0.4, -0.2) is 75.6 Å². The van der Waals surface area contributed by atoms with Crippen molar-refractivity contribution in [2.75, 3.05) is 31.1 Å². The van der Waals surface area contributed by atoms with E-state index in [0.717, 1.165) is 6.42 Å². The number of rotatable bonds is 4. The topological polar surface area (TPSA) is 103 Å². The van der Waals surface area contributed by atoms with Crippen LogP contribution in [0.15, 0.2) is 25.0 Å². The van der Waals surface area contributed by atoms with Crippen LogP contribution >= 0.6 is 0 Å². The Labute approximate surface area is 175 Å². The van der Waals surface area contributed by atoms with Gasteiger partial charge in [-0.1, -0.05) is 6.58 Å². The molecule has 9 heteroatoms. The quantitative estimate of drug-likeness (QED) is 0.738. The fourth-order valence-corrected chi connectivity index (χ4v) is 4.24. The molecular weight excluding hydrogens is 384 g/mol. The molecule has 0 bridgehead atoms. The highest BCUT2D eigenvalue weighted by atomic mass is 16.5. The van der Waals surface area contributed by atoms with Gasteiger partial charge in [-0.2, -0.15) is 0 Å². The summed E-state index contributed by atoms with van der Waals surface area (Å²) in [6, 6.07) is -0.00475. The molecule has 0 unspecified atom stereocenters. The zero-order valence-electron chi connectivity index (χ0n) is 17.6. The first kappa shape index (κ1) is 20.3. The molecule has 2 N–H and O–H groups in total. The van der Waals surface area contributed by atoms with Gasteiger partial charge >= 0.3 is 0 Å². The molecule has 2 atom stereocenters. The minimum Gasteiger partial charge on any atom is -0.376 e. The van der Waals surface area contributed by atoms with Crippen LogP contribution in [0, 0.1) is 0 Å². The maximum absolute atomic E-state index is 12.8. The van der Waals surface area contributed by atoms with E-state index in [1.54, 1.807) is 12.4 Å². The molecule has 4 heterocycles. The van der Waals surface area contributed by atoms with E-state index in [1.165, 1.54) is 6.08 Å². The van der Waals surface area contributed by atoms with Crippen molar-refractivity contribution < 1.29 is 14.3 Å². The van der Waals surface area contributed by atoms with Gasteiger partial charge in [-0.3, -0.25) is 9.59 Å². The summed E-state index contributed by atoms with van der Waals surface area (Å²) in [6.45, 7) is 12.1. The molecule has 0 saturated carbocycles. The molecule has 2 aromatic rings. The number of anilines is 1. The lowest BCUT2D eigenvalue weighted by molar-refractivity contribution is -0.131. The SMILES string of the molecule is C=CC(=O)N1CCN(c2cnc3[nH]cc(C(=O)N[C@H]4CCO[C@H]4C)c3n2)CC1(C)C. The Hall–Kier alpha value is -2.94. The van der Waals surface area contributed by atoms with Gasteiger partial charge in [-0.25, -0.2) is 9.97 Å². The van der Waals surface area contributed by atoms with Gasteiger partial charge in [0.2, 0.25) is 5.91 Å². The smallest absolute Gasteiger partial charge is 0.255 e. The van der Waals surface area contributed by atoms with Gasteiger partial charge in [-0.15, -0.1) is 0 Å². The van der Waals surface area contributed by atoms with Gasteiger partial charge in [0, 0.05) is 32.4 Å². The maximum atomic E-state index is 12.8. The number of nitrogens with zero attached hydrogens (tertiary/aromatic N) is 4. The number of amides is 2. The van der Waals surface area contributed by atoms with E-state index in [0.29, 0.717) is 48.8 Å². The first-order chi connectivity index (χ1) is 14.3. The summed E-state index contributed by atoms with van der Waals surface area (Å²) in [4.78, 5) is 41.2. The molecule has 30 heavy (non-hydrogen) atoms. The van der Waals surface area contributed by atoms with E-state index in [4.69, 9.17) is 9.72 Å². The van der Waals surface area contributed by atoms with Crippen LogP contribution in [-0.2, 0) is 9.53 Å². The van der Waals surface area contributed by atoms with Crippen molar-refractivity contribution in [2.24, 2.45) is 0 Å². The van der Waals surface area contributed by atoms with Gasteiger partial charge < -0.3 is 24.8 Å². The number of hydrogen-bond acceptors (Lipinski definition) is 6. The van der Waals surface area contributed by atoms with Gasteiger partial charge in [-0.05, 0) is 33.3 Å². The summed E-state index contributed by atoms with van der Waals surface area (Å²) in [5, 5.41) is 3.04. The summed E-state index contributed by atoms with van der Waals surface area (Å²) in [6.07, 6.45) is 5.50. The number of carbonyl (C=O) groups is 2. The van der Waals surface area contributed by atoms with Crippen LogP contribution < -0.4 is 10.2 Å². The van der Waals surface area contributed by atoms with Gasteiger partial charge in [0.15, 0.2) is 5.65 Å². The molecular formula is C21H28N6O3. The summed E-state index contributed by atoms with van der Waals surface area (Å²) in [7, 11) is 0. The molecule has 0 spiro atoms. The van der Waals surface area contributed by atoms with Crippen LogP contribution in [0.1, 0.15) is 37.6 Å². The molecule has 160 valence electrons. The van der Waals surface area contributed by atoms with Crippen LogP contribution in [0.3, 0.4) is 0 Å². The minimum atomic E-state index is -0.378. The zero-order valence-corrected chi connectivity index (χ0v) is 17.6. The predicted octanol–water partition coefficient (Wildman–Crippen LogP) is 1.48. The highest BCUT2D eigenvalue weighted by Gasteiger charge is 2.36. The largest absolute Gasteiger partial charge is 0.376 e. The number of nitrogens with one attached hydrogen (secondary N) is 2. The number of fused-ring (bicyclic) bond motifs is 1. The summed E-state index contributed by atoms with van der Waals surface area (Å²) in [5.74, 6) is 0.431. The molecule has 2 fully saturated rings. The monoisotopic (exact) mass is 412 g/mol. The van der Waals surface area contributed by atoms with E-state index in [9.17, 15) is 9.59 Å². The minimum absolute atomic E-state index is 0.00222. The Balaban J connectivity index is 1.56. The summed E-state index contributed by atoms with van der Waals surface area (Å²) < 4.78 is 5.53. The third kappa shape index (κ3) is 3.65. The van der Waals surface area contributed by atoms with Crippen molar-refractivity contribution in [2.45, 2.75) is 44.9 Å². The molecule has 2 aliphatic rings. The van der Waals surface area contributed by atoms with Crippen molar-refractivity contribution in [1.29, 1.82) is 0 Å². The van der Waals surface area contributed by atoms with E-state index in [2.05, 4.69) is 26.8 Å². The highest BCUT2D eigenvalue weighted by Crippen LogP contribution is 2.26. The van der Waals surface area contributed by atoms with E-state index < -0.39 is 0 Å². The van der Waals surface area contributed by atoms with E-state index in [-0.39, 0.29) is 29.5 Å². The van der Waals surface area contributed by atoms with Gasteiger partial charge in [0.1, 0.15) is 11.3 Å². The second-order valence-corrected chi connectivity index (χ2v) is 8.50.